The van der Waals surface area contributed by atoms with Gasteiger partial charge in [-0.1, -0.05) is 0 Å². The molecule has 102 valence electrons. The molecule has 0 aromatic heterocycles. The monoisotopic (exact) mass is 264 g/mol. The fourth-order valence-electron chi connectivity index (χ4n) is 1.66. The largest absolute Gasteiger partial charge is 0.398 e. The molecule has 0 aliphatic heterocycles. The molecule has 0 fully saturated rings. The van der Waals surface area contributed by atoms with Crippen LogP contribution >= 0.6 is 0 Å². The Bertz CT molecular complexity index is 512. The first-order chi connectivity index (χ1) is 8.81. The molecule has 7 heteroatoms. The van der Waals surface area contributed by atoms with E-state index in [4.69, 9.17) is 17.2 Å². The number of nitrogens with zero attached hydrogens (tertiary/aromatic N) is 1. The summed E-state index contributed by atoms with van der Waals surface area (Å²) >= 11 is 0. The number of carbonyl (C=O) groups excluding carboxylic acids is 3. The van der Waals surface area contributed by atoms with Gasteiger partial charge in [-0.15, -0.1) is 0 Å². The van der Waals surface area contributed by atoms with Gasteiger partial charge in [0.15, 0.2) is 5.78 Å². The van der Waals surface area contributed by atoms with Gasteiger partial charge in [0.25, 0.3) is 0 Å². The molecule has 0 saturated heterocycles. The van der Waals surface area contributed by atoms with Crippen molar-refractivity contribution in [2.24, 2.45) is 11.5 Å². The molecule has 0 unspecified atom stereocenters. The summed E-state index contributed by atoms with van der Waals surface area (Å²) in [7, 11) is 0. The van der Waals surface area contributed by atoms with E-state index in [-0.39, 0.29) is 18.9 Å². The maximum absolute atomic E-state index is 11.4. The van der Waals surface area contributed by atoms with Gasteiger partial charge in [-0.3, -0.25) is 14.4 Å². The zero-order valence-electron chi connectivity index (χ0n) is 10.6. The first-order valence-electron chi connectivity index (χ1n) is 5.53. The smallest absolute Gasteiger partial charge is 0.236 e. The van der Waals surface area contributed by atoms with Gasteiger partial charge in [-0.2, -0.15) is 0 Å². The highest BCUT2D eigenvalue weighted by Gasteiger charge is 2.14. The Labute approximate surface area is 110 Å². The van der Waals surface area contributed by atoms with Crippen molar-refractivity contribution >= 4 is 29.0 Å². The molecule has 7 nitrogen and oxygen atoms in total. The van der Waals surface area contributed by atoms with E-state index >= 15 is 0 Å². The molecular formula is C12H16N4O3. The molecule has 0 aliphatic rings. The van der Waals surface area contributed by atoms with Crippen molar-refractivity contribution in [1.82, 2.24) is 0 Å². The minimum absolute atomic E-state index is 0.176. The summed E-state index contributed by atoms with van der Waals surface area (Å²) in [4.78, 5) is 34.8. The lowest BCUT2D eigenvalue weighted by atomic mass is 10.1. The summed E-state index contributed by atoms with van der Waals surface area (Å²) < 4.78 is 0. The molecule has 6 N–H and O–H groups in total. The second-order valence-electron chi connectivity index (χ2n) is 4.12. The minimum Gasteiger partial charge on any atom is -0.398 e. The number of carbonyl (C=O) groups is 3. The lowest BCUT2D eigenvalue weighted by Gasteiger charge is -2.22. The van der Waals surface area contributed by atoms with Crippen molar-refractivity contribution < 1.29 is 14.4 Å². The van der Waals surface area contributed by atoms with E-state index in [0.717, 1.165) is 0 Å². The Kier molecular flexibility index (Phi) is 4.46. The van der Waals surface area contributed by atoms with Gasteiger partial charge in [0.2, 0.25) is 11.8 Å². The first-order valence-corrected chi connectivity index (χ1v) is 5.53. The van der Waals surface area contributed by atoms with E-state index in [9.17, 15) is 14.4 Å². The van der Waals surface area contributed by atoms with E-state index < -0.39 is 11.8 Å². The van der Waals surface area contributed by atoms with Gasteiger partial charge in [0.1, 0.15) is 0 Å². The number of nitrogens with two attached hydrogens (primary N) is 3. The number of hydrogen-bond donors (Lipinski definition) is 3. The molecular weight excluding hydrogens is 248 g/mol. The van der Waals surface area contributed by atoms with Crippen LogP contribution in [-0.2, 0) is 9.59 Å². The van der Waals surface area contributed by atoms with E-state index in [1.54, 1.807) is 6.07 Å². The lowest BCUT2D eigenvalue weighted by molar-refractivity contribution is -0.117. The molecule has 0 atom stereocenters. The van der Waals surface area contributed by atoms with Crippen molar-refractivity contribution in [1.29, 1.82) is 0 Å². The quantitative estimate of drug-likeness (QED) is 0.459. The van der Waals surface area contributed by atoms with Crippen molar-refractivity contribution in [3.8, 4) is 0 Å². The Hall–Kier alpha value is -2.57. The number of amides is 2. The van der Waals surface area contributed by atoms with E-state index in [1.165, 1.54) is 24.0 Å². The van der Waals surface area contributed by atoms with Gasteiger partial charge >= 0.3 is 0 Å². The summed E-state index contributed by atoms with van der Waals surface area (Å²) in [5.41, 5.74) is 17.0. The number of hydrogen-bond acceptors (Lipinski definition) is 5. The molecule has 0 radical (unpaired) electrons. The van der Waals surface area contributed by atoms with Crippen LogP contribution in [0.15, 0.2) is 18.2 Å². The Morgan fingerprint density at radius 1 is 1.11 bits per heavy atom. The number of rotatable bonds is 6. The van der Waals surface area contributed by atoms with Gasteiger partial charge < -0.3 is 22.1 Å². The van der Waals surface area contributed by atoms with E-state index in [1.807, 2.05) is 0 Å². The highest BCUT2D eigenvalue weighted by Crippen LogP contribution is 2.21. The first kappa shape index (κ1) is 14.5. The summed E-state index contributed by atoms with van der Waals surface area (Å²) in [6, 6.07) is 4.62. The second-order valence-corrected chi connectivity index (χ2v) is 4.12. The fraction of sp³-hybridized carbons (Fsp3) is 0.250. The molecule has 0 spiro atoms. The minimum atomic E-state index is -0.609. The lowest BCUT2D eigenvalue weighted by Crippen LogP contribution is -2.39. The Morgan fingerprint density at radius 3 is 2.05 bits per heavy atom. The van der Waals surface area contributed by atoms with Crippen LogP contribution in [0.2, 0.25) is 0 Å². The van der Waals surface area contributed by atoms with Gasteiger partial charge in [-0.25, -0.2) is 0 Å². The summed E-state index contributed by atoms with van der Waals surface area (Å²) in [5, 5.41) is 0. The van der Waals surface area contributed by atoms with Crippen LogP contribution in [0.3, 0.4) is 0 Å². The third-order valence-corrected chi connectivity index (χ3v) is 2.47. The second kappa shape index (κ2) is 5.85. The number of benzene rings is 1. The predicted molar refractivity (Wildman–Crippen MR) is 71.5 cm³/mol. The zero-order valence-corrected chi connectivity index (χ0v) is 10.6. The number of anilines is 2. The van der Waals surface area contributed by atoms with Crippen LogP contribution in [0.25, 0.3) is 0 Å². The van der Waals surface area contributed by atoms with Gasteiger partial charge in [-0.05, 0) is 25.1 Å². The standard InChI is InChI=1S/C12H16N4O3/c1-7(17)9-4-8(2-3-10(9)13)16(5-11(14)18)6-12(15)19/h2-4H,5-6,13H2,1H3,(H2,14,18)(H2,15,19). The Balaban J connectivity index is 3.14. The summed E-state index contributed by atoms with van der Waals surface area (Å²) in [6.07, 6.45) is 0. The normalized spacial score (nSPS) is 9.95. The van der Waals surface area contributed by atoms with Crippen LogP contribution in [0.4, 0.5) is 11.4 Å². The molecule has 0 bridgehead atoms. The average molecular weight is 264 g/mol. The molecule has 19 heavy (non-hydrogen) atoms. The van der Waals surface area contributed by atoms with Crippen molar-refractivity contribution in [3.05, 3.63) is 23.8 Å². The molecule has 2 amide bonds. The van der Waals surface area contributed by atoms with E-state index in [2.05, 4.69) is 0 Å². The number of primary amides is 2. The molecule has 0 heterocycles. The number of nitrogen functional groups attached to an aromatic ring is 1. The SMILES string of the molecule is CC(=O)c1cc(N(CC(N)=O)CC(N)=O)ccc1N. The summed E-state index contributed by atoms with van der Waals surface area (Å²) in [6.45, 7) is 1.02. The van der Waals surface area contributed by atoms with Crippen molar-refractivity contribution in [3.63, 3.8) is 0 Å². The van der Waals surface area contributed by atoms with Gasteiger partial charge in [0, 0.05) is 16.9 Å². The third-order valence-electron chi connectivity index (χ3n) is 2.47. The van der Waals surface area contributed by atoms with Crippen molar-refractivity contribution in [2.45, 2.75) is 6.92 Å². The van der Waals surface area contributed by atoms with Crippen LogP contribution in [0.5, 0.6) is 0 Å². The van der Waals surface area contributed by atoms with Crippen LogP contribution in [0.1, 0.15) is 17.3 Å². The van der Waals surface area contributed by atoms with E-state index in [0.29, 0.717) is 16.9 Å². The molecule has 1 rings (SSSR count). The highest BCUT2D eigenvalue weighted by molar-refractivity contribution is 6.00. The average Bonchev–Trinajstić information content (AvgIpc) is 2.27. The number of Topliss-reactive ketones (excluding diaryl/α,β-unsaturated/α-hetero) is 1. The van der Waals surface area contributed by atoms with Gasteiger partial charge in [0.05, 0.1) is 13.1 Å². The molecule has 0 aliphatic carbocycles. The van der Waals surface area contributed by atoms with Crippen molar-refractivity contribution in [2.75, 3.05) is 23.7 Å². The third kappa shape index (κ3) is 3.98. The topological polar surface area (TPSA) is 133 Å². The van der Waals surface area contributed by atoms with Crippen LogP contribution in [0, 0.1) is 0 Å². The van der Waals surface area contributed by atoms with Crippen LogP contribution < -0.4 is 22.1 Å². The molecule has 1 aromatic carbocycles. The highest BCUT2D eigenvalue weighted by atomic mass is 16.2. The summed E-state index contributed by atoms with van der Waals surface area (Å²) in [5.74, 6) is -1.43. The fourth-order valence-corrected chi connectivity index (χ4v) is 1.66. The molecule has 0 saturated carbocycles. The zero-order chi connectivity index (χ0) is 14.6. The Morgan fingerprint density at radius 2 is 1.63 bits per heavy atom. The maximum Gasteiger partial charge on any atom is 0.236 e. The number of ketones is 1. The van der Waals surface area contributed by atoms with Crippen LogP contribution in [-0.4, -0.2) is 30.7 Å². The maximum atomic E-state index is 11.4. The predicted octanol–water partition coefficient (Wildman–Crippen LogP) is -0.752. The molecule has 1 aromatic rings.